The molecule has 0 atom stereocenters. The van der Waals surface area contributed by atoms with Gasteiger partial charge in [-0.1, -0.05) is 30.3 Å². The summed E-state index contributed by atoms with van der Waals surface area (Å²) in [5.41, 5.74) is 4.55. The minimum absolute atomic E-state index is 0.180. The standard InChI is InChI=1S/C23H21N3O2S/c1-15-11-12-18(13-16(15)2)22(28)26-23(29)25-20-10-6-9-19(14-20)24-21(27)17-7-4-3-5-8-17/h3-14H,1-2H3,(H,24,27)(H2,25,26,28,29). The Hall–Kier alpha value is -3.51. The van der Waals surface area contributed by atoms with Gasteiger partial charge in [0.05, 0.1) is 0 Å². The van der Waals surface area contributed by atoms with Crippen molar-refractivity contribution >= 4 is 40.5 Å². The molecule has 29 heavy (non-hydrogen) atoms. The summed E-state index contributed by atoms with van der Waals surface area (Å²) in [6.07, 6.45) is 0. The number of aryl methyl sites for hydroxylation is 2. The Balaban J connectivity index is 1.62. The van der Waals surface area contributed by atoms with Gasteiger partial charge in [0.15, 0.2) is 5.11 Å². The molecule has 0 saturated carbocycles. The molecule has 3 rings (SSSR count). The molecule has 0 heterocycles. The highest BCUT2D eigenvalue weighted by Gasteiger charge is 2.10. The summed E-state index contributed by atoms with van der Waals surface area (Å²) in [4.78, 5) is 24.7. The van der Waals surface area contributed by atoms with Gasteiger partial charge in [0, 0.05) is 22.5 Å². The van der Waals surface area contributed by atoms with Gasteiger partial charge in [-0.25, -0.2) is 0 Å². The highest BCUT2D eigenvalue weighted by atomic mass is 32.1. The predicted octanol–water partition coefficient (Wildman–Crippen LogP) is 4.68. The topological polar surface area (TPSA) is 70.2 Å². The van der Waals surface area contributed by atoms with Crippen molar-refractivity contribution in [2.45, 2.75) is 13.8 Å². The second-order valence-corrected chi connectivity index (χ2v) is 7.02. The molecule has 2 amide bonds. The summed E-state index contributed by atoms with van der Waals surface area (Å²) in [5, 5.41) is 8.66. The normalized spacial score (nSPS) is 10.1. The van der Waals surface area contributed by atoms with Crippen LogP contribution in [0.2, 0.25) is 0 Å². The number of carbonyl (C=O) groups excluding carboxylic acids is 2. The van der Waals surface area contributed by atoms with Gasteiger partial charge in [0.1, 0.15) is 0 Å². The summed E-state index contributed by atoms with van der Waals surface area (Å²) in [5.74, 6) is -0.479. The van der Waals surface area contributed by atoms with E-state index < -0.39 is 0 Å². The molecule has 6 heteroatoms. The molecule has 0 fully saturated rings. The van der Waals surface area contributed by atoms with Crippen molar-refractivity contribution in [1.82, 2.24) is 5.32 Å². The van der Waals surface area contributed by atoms with Crippen LogP contribution in [0.4, 0.5) is 11.4 Å². The molecule has 0 spiro atoms. The first-order chi connectivity index (χ1) is 13.9. The van der Waals surface area contributed by atoms with Crippen molar-refractivity contribution in [1.29, 1.82) is 0 Å². The first kappa shape index (κ1) is 20.2. The zero-order valence-electron chi connectivity index (χ0n) is 16.2. The van der Waals surface area contributed by atoms with Gasteiger partial charge < -0.3 is 10.6 Å². The number of anilines is 2. The van der Waals surface area contributed by atoms with E-state index in [-0.39, 0.29) is 16.9 Å². The van der Waals surface area contributed by atoms with E-state index in [4.69, 9.17) is 12.2 Å². The average molecular weight is 404 g/mol. The fraction of sp³-hybridized carbons (Fsp3) is 0.0870. The smallest absolute Gasteiger partial charge is 0.257 e. The Morgan fingerprint density at radius 1 is 0.690 bits per heavy atom. The van der Waals surface area contributed by atoms with E-state index in [1.165, 1.54) is 0 Å². The van der Waals surface area contributed by atoms with Crippen molar-refractivity contribution in [2.75, 3.05) is 10.6 Å². The number of benzene rings is 3. The summed E-state index contributed by atoms with van der Waals surface area (Å²) in [6.45, 7) is 3.95. The molecule has 0 saturated heterocycles. The van der Waals surface area contributed by atoms with E-state index in [0.29, 0.717) is 22.5 Å². The van der Waals surface area contributed by atoms with Crippen LogP contribution in [0.15, 0.2) is 72.8 Å². The van der Waals surface area contributed by atoms with Crippen molar-refractivity contribution < 1.29 is 9.59 Å². The molecule has 0 aromatic heterocycles. The molecular weight excluding hydrogens is 382 g/mol. The minimum Gasteiger partial charge on any atom is -0.332 e. The predicted molar refractivity (Wildman–Crippen MR) is 120 cm³/mol. The Morgan fingerprint density at radius 2 is 1.38 bits per heavy atom. The Labute approximate surface area is 175 Å². The van der Waals surface area contributed by atoms with Crippen LogP contribution < -0.4 is 16.0 Å². The highest BCUT2D eigenvalue weighted by Crippen LogP contribution is 2.16. The van der Waals surface area contributed by atoms with Gasteiger partial charge in [-0.3, -0.25) is 14.9 Å². The first-order valence-corrected chi connectivity index (χ1v) is 9.49. The number of thiocarbonyl (C=S) groups is 1. The number of hydrogen-bond donors (Lipinski definition) is 3. The zero-order valence-corrected chi connectivity index (χ0v) is 17.0. The lowest BCUT2D eigenvalue weighted by Gasteiger charge is -2.12. The molecule has 3 aromatic rings. The summed E-state index contributed by atoms with van der Waals surface area (Å²) in [6, 6.07) is 21.6. The maximum Gasteiger partial charge on any atom is 0.257 e. The van der Waals surface area contributed by atoms with E-state index in [2.05, 4.69) is 16.0 Å². The molecule has 0 radical (unpaired) electrons. The van der Waals surface area contributed by atoms with Gasteiger partial charge in [0.2, 0.25) is 0 Å². The maximum atomic E-state index is 12.4. The molecule has 0 unspecified atom stereocenters. The van der Waals surface area contributed by atoms with Gasteiger partial charge in [-0.05, 0) is 79.7 Å². The first-order valence-electron chi connectivity index (χ1n) is 9.08. The summed E-state index contributed by atoms with van der Waals surface area (Å²) < 4.78 is 0. The van der Waals surface area contributed by atoms with Crippen LogP contribution in [-0.4, -0.2) is 16.9 Å². The third-order valence-corrected chi connectivity index (χ3v) is 4.61. The van der Waals surface area contributed by atoms with E-state index in [0.717, 1.165) is 11.1 Å². The van der Waals surface area contributed by atoms with E-state index in [1.54, 1.807) is 42.5 Å². The van der Waals surface area contributed by atoms with Crippen molar-refractivity contribution in [3.63, 3.8) is 0 Å². The van der Waals surface area contributed by atoms with Crippen LogP contribution in [-0.2, 0) is 0 Å². The monoisotopic (exact) mass is 403 g/mol. The van der Waals surface area contributed by atoms with Gasteiger partial charge in [-0.2, -0.15) is 0 Å². The van der Waals surface area contributed by atoms with Gasteiger partial charge in [0.25, 0.3) is 11.8 Å². The lowest BCUT2D eigenvalue weighted by molar-refractivity contribution is 0.0976. The summed E-state index contributed by atoms with van der Waals surface area (Å²) in [7, 11) is 0. The van der Waals surface area contributed by atoms with Gasteiger partial charge >= 0.3 is 0 Å². The highest BCUT2D eigenvalue weighted by molar-refractivity contribution is 7.80. The van der Waals surface area contributed by atoms with Crippen LogP contribution in [0.5, 0.6) is 0 Å². The Bertz CT molecular complexity index is 1060. The molecule has 3 aromatic carbocycles. The summed E-state index contributed by atoms with van der Waals surface area (Å²) >= 11 is 5.25. The number of amides is 2. The molecular formula is C23H21N3O2S. The van der Waals surface area contributed by atoms with Crippen LogP contribution in [0.3, 0.4) is 0 Å². The molecule has 0 aliphatic heterocycles. The van der Waals surface area contributed by atoms with E-state index >= 15 is 0 Å². The fourth-order valence-corrected chi connectivity index (χ4v) is 2.90. The molecule has 0 bridgehead atoms. The molecule has 3 N–H and O–H groups in total. The number of carbonyl (C=O) groups is 2. The number of nitrogens with one attached hydrogen (secondary N) is 3. The minimum atomic E-state index is -0.279. The van der Waals surface area contributed by atoms with Crippen molar-refractivity contribution in [3.05, 3.63) is 95.1 Å². The Morgan fingerprint density at radius 3 is 2.07 bits per heavy atom. The SMILES string of the molecule is Cc1ccc(C(=O)NC(=S)Nc2cccc(NC(=O)c3ccccc3)c2)cc1C. The second kappa shape index (κ2) is 9.12. The third-order valence-electron chi connectivity index (χ3n) is 4.41. The lowest BCUT2D eigenvalue weighted by Crippen LogP contribution is -2.34. The molecule has 0 aliphatic carbocycles. The van der Waals surface area contributed by atoms with Crippen LogP contribution >= 0.6 is 12.2 Å². The van der Waals surface area contributed by atoms with E-state index in [9.17, 15) is 9.59 Å². The largest absolute Gasteiger partial charge is 0.332 e. The van der Waals surface area contributed by atoms with Crippen molar-refractivity contribution in [2.24, 2.45) is 0 Å². The van der Waals surface area contributed by atoms with Crippen molar-refractivity contribution in [3.8, 4) is 0 Å². The molecule has 5 nitrogen and oxygen atoms in total. The lowest BCUT2D eigenvalue weighted by atomic mass is 10.1. The third kappa shape index (κ3) is 5.49. The second-order valence-electron chi connectivity index (χ2n) is 6.61. The van der Waals surface area contributed by atoms with Crippen LogP contribution in [0.1, 0.15) is 31.8 Å². The average Bonchev–Trinajstić information content (AvgIpc) is 2.70. The zero-order chi connectivity index (χ0) is 20.8. The number of rotatable bonds is 4. The molecule has 146 valence electrons. The number of hydrogen-bond acceptors (Lipinski definition) is 3. The van der Waals surface area contributed by atoms with E-state index in [1.807, 2.05) is 44.2 Å². The molecule has 0 aliphatic rings. The van der Waals surface area contributed by atoms with Crippen LogP contribution in [0.25, 0.3) is 0 Å². The van der Waals surface area contributed by atoms with Crippen LogP contribution in [0, 0.1) is 13.8 Å². The van der Waals surface area contributed by atoms with Gasteiger partial charge in [-0.15, -0.1) is 0 Å². The maximum absolute atomic E-state index is 12.4. The Kier molecular flexibility index (Phi) is 6.36. The fourth-order valence-electron chi connectivity index (χ4n) is 2.69. The quantitative estimate of drug-likeness (QED) is 0.553.